The highest BCUT2D eigenvalue weighted by Gasteiger charge is 2.17. The van der Waals surface area contributed by atoms with Crippen LogP contribution in [0.3, 0.4) is 0 Å². The number of rotatable bonds is 5. The summed E-state index contributed by atoms with van der Waals surface area (Å²) in [6.07, 6.45) is 12.4. The van der Waals surface area contributed by atoms with Crippen molar-refractivity contribution in [2.75, 3.05) is 32.8 Å². The number of aryl methyl sites for hydroxylation is 1. The molecule has 4 nitrogen and oxygen atoms in total. The lowest BCUT2D eigenvalue weighted by molar-refractivity contribution is 0.0383. The topological polar surface area (TPSA) is 29.8 Å². The number of pyridine rings is 1. The molecule has 0 saturated carbocycles. The van der Waals surface area contributed by atoms with Crippen molar-refractivity contribution in [3.63, 3.8) is 0 Å². The van der Waals surface area contributed by atoms with Crippen molar-refractivity contribution < 1.29 is 4.74 Å². The quantitative estimate of drug-likeness (QED) is 0.610. The van der Waals surface area contributed by atoms with Crippen LogP contribution in [-0.2, 0) is 11.2 Å². The molecule has 154 valence electrons. The van der Waals surface area contributed by atoms with E-state index in [1.165, 1.54) is 28.0 Å². The van der Waals surface area contributed by atoms with Gasteiger partial charge in [-0.3, -0.25) is 4.90 Å². The number of allylic oxidation sites excluding steroid dienone is 4. The van der Waals surface area contributed by atoms with E-state index in [9.17, 15) is 0 Å². The van der Waals surface area contributed by atoms with Gasteiger partial charge in [0.1, 0.15) is 5.65 Å². The molecule has 3 heterocycles. The minimum absolute atomic E-state index is 0.836. The molecule has 4 heteroatoms. The molecule has 0 radical (unpaired) electrons. The number of fused-ring (bicyclic) bond motifs is 1. The van der Waals surface area contributed by atoms with Crippen LogP contribution in [0.1, 0.15) is 29.7 Å². The Bertz CT molecular complexity index is 1090. The van der Waals surface area contributed by atoms with Crippen LogP contribution in [0.2, 0.25) is 0 Å². The molecular weight excluding hydrogens is 370 g/mol. The molecule has 0 N–H and O–H groups in total. The first-order chi connectivity index (χ1) is 14.8. The summed E-state index contributed by atoms with van der Waals surface area (Å²) in [6, 6.07) is 13.1. The van der Waals surface area contributed by atoms with Crippen molar-refractivity contribution in [1.82, 2.24) is 14.3 Å². The van der Waals surface area contributed by atoms with Gasteiger partial charge in [0.2, 0.25) is 0 Å². The molecule has 5 rings (SSSR count). The average Bonchev–Trinajstić information content (AvgIpc) is 3.17. The lowest BCUT2D eigenvalue weighted by Gasteiger charge is -2.26. The normalized spacial score (nSPS) is 17.4. The average molecular weight is 400 g/mol. The van der Waals surface area contributed by atoms with Crippen molar-refractivity contribution >= 4 is 11.2 Å². The predicted molar refractivity (Wildman–Crippen MR) is 123 cm³/mol. The van der Waals surface area contributed by atoms with Gasteiger partial charge in [0, 0.05) is 37.8 Å². The molecule has 1 saturated heterocycles. The number of hydrogen-bond acceptors (Lipinski definition) is 3. The Balaban J connectivity index is 1.55. The molecule has 0 amide bonds. The second kappa shape index (κ2) is 8.58. The maximum Gasteiger partial charge on any atom is 0.137 e. The summed E-state index contributed by atoms with van der Waals surface area (Å²) < 4.78 is 7.84. The molecule has 2 aromatic heterocycles. The van der Waals surface area contributed by atoms with Gasteiger partial charge in [-0.05, 0) is 43.0 Å². The lowest BCUT2D eigenvalue weighted by Crippen LogP contribution is -2.37. The van der Waals surface area contributed by atoms with E-state index in [0.717, 1.165) is 63.5 Å². The van der Waals surface area contributed by atoms with Gasteiger partial charge in [-0.15, -0.1) is 0 Å². The van der Waals surface area contributed by atoms with Crippen LogP contribution in [0.25, 0.3) is 22.5 Å². The lowest BCUT2D eigenvalue weighted by atomic mass is 10.0. The van der Waals surface area contributed by atoms with Gasteiger partial charge in [0.15, 0.2) is 0 Å². The summed E-state index contributed by atoms with van der Waals surface area (Å²) in [6.45, 7) is 6.86. The Labute approximate surface area is 178 Å². The van der Waals surface area contributed by atoms with Crippen molar-refractivity contribution in [2.24, 2.45) is 0 Å². The Morgan fingerprint density at radius 1 is 0.967 bits per heavy atom. The van der Waals surface area contributed by atoms with Crippen LogP contribution in [0.15, 0.2) is 60.8 Å². The fourth-order valence-electron chi connectivity index (χ4n) is 4.36. The molecule has 30 heavy (non-hydrogen) atoms. The smallest absolute Gasteiger partial charge is 0.137 e. The first-order valence-electron chi connectivity index (χ1n) is 11.0. The fourth-order valence-corrected chi connectivity index (χ4v) is 4.36. The van der Waals surface area contributed by atoms with Crippen LogP contribution in [-0.4, -0.2) is 47.1 Å². The van der Waals surface area contributed by atoms with E-state index in [1.54, 1.807) is 0 Å². The van der Waals surface area contributed by atoms with Crippen molar-refractivity contribution in [3.8, 4) is 11.3 Å². The van der Waals surface area contributed by atoms with Gasteiger partial charge >= 0.3 is 0 Å². The van der Waals surface area contributed by atoms with Crippen molar-refractivity contribution in [1.29, 1.82) is 0 Å². The van der Waals surface area contributed by atoms with E-state index < -0.39 is 0 Å². The van der Waals surface area contributed by atoms with Crippen LogP contribution in [0.5, 0.6) is 0 Å². The third-order valence-electron chi connectivity index (χ3n) is 6.14. The zero-order valence-electron chi connectivity index (χ0n) is 17.7. The van der Waals surface area contributed by atoms with Crippen LogP contribution < -0.4 is 0 Å². The highest BCUT2D eigenvalue weighted by Crippen LogP contribution is 2.28. The predicted octanol–water partition coefficient (Wildman–Crippen LogP) is 4.92. The molecule has 0 atom stereocenters. The third kappa shape index (κ3) is 3.98. The number of nitrogens with zero attached hydrogens (tertiary/aromatic N) is 3. The Hall–Kier alpha value is -2.69. The third-order valence-corrected chi connectivity index (χ3v) is 6.14. The van der Waals surface area contributed by atoms with Crippen LogP contribution in [0.4, 0.5) is 0 Å². The number of benzene rings is 1. The Morgan fingerprint density at radius 2 is 1.77 bits per heavy atom. The molecular formula is C26H29N3O. The fraction of sp³-hybridized carbons (Fsp3) is 0.346. The molecule has 1 fully saturated rings. The maximum absolute atomic E-state index is 5.52. The van der Waals surface area contributed by atoms with E-state index in [-0.39, 0.29) is 0 Å². The highest BCUT2D eigenvalue weighted by atomic mass is 16.5. The summed E-state index contributed by atoms with van der Waals surface area (Å²) in [7, 11) is 0. The van der Waals surface area contributed by atoms with Gasteiger partial charge in [0.05, 0.1) is 24.6 Å². The van der Waals surface area contributed by atoms with Gasteiger partial charge in [-0.25, -0.2) is 4.98 Å². The van der Waals surface area contributed by atoms with Gasteiger partial charge in [0.25, 0.3) is 0 Å². The summed E-state index contributed by atoms with van der Waals surface area (Å²) in [5.74, 6) is 0. The SMILES string of the molecule is Cc1ccc(-c2nc3ccc(C4=CCCC=C4)cn3c2CCN2CCOCC2)cc1. The molecule has 2 aliphatic rings. The summed E-state index contributed by atoms with van der Waals surface area (Å²) in [5, 5.41) is 0. The standard InChI is InChI=1S/C26H29N3O/c1-20-7-9-22(10-8-20)26-24(13-14-28-15-17-30-18-16-28)29-19-23(11-12-25(29)27-26)21-5-3-2-4-6-21/h3,5-12,19H,2,4,13-18H2,1H3. The molecule has 1 aromatic carbocycles. The van der Waals surface area contributed by atoms with Gasteiger partial charge in [-0.2, -0.15) is 0 Å². The molecule has 3 aromatic rings. The minimum Gasteiger partial charge on any atom is -0.379 e. The summed E-state index contributed by atoms with van der Waals surface area (Å²) >= 11 is 0. The number of morpholine rings is 1. The Kier molecular flexibility index (Phi) is 5.52. The zero-order chi connectivity index (χ0) is 20.3. The van der Waals surface area contributed by atoms with E-state index in [4.69, 9.17) is 9.72 Å². The monoisotopic (exact) mass is 399 g/mol. The summed E-state index contributed by atoms with van der Waals surface area (Å²) in [5.41, 5.74) is 8.46. The maximum atomic E-state index is 5.52. The zero-order valence-corrected chi connectivity index (χ0v) is 17.7. The summed E-state index contributed by atoms with van der Waals surface area (Å²) in [4.78, 5) is 7.54. The number of aromatic nitrogens is 2. The molecule has 0 spiro atoms. The minimum atomic E-state index is 0.836. The number of ether oxygens (including phenoxy) is 1. The van der Waals surface area contributed by atoms with Crippen LogP contribution in [0, 0.1) is 6.92 Å². The van der Waals surface area contributed by atoms with E-state index in [1.807, 2.05) is 0 Å². The highest BCUT2D eigenvalue weighted by molar-refractivity contribution is 5.76. The Morgan fingerprint density at radius 3 is 2.53 bits per heavy atom. The van der Waals surface area contributed by atoms with E-state index in [0.29, 0.717) is 0 Å². The number of hydrogen-bond donors (Lipinski definition) is 0. The first-order valence-corrected chi connectivity index (χ1v) is 11.0. The molecule has 0 unspecified atom stereocenters. The van der Waals surface area contributed by atoms with E-state index >= 15 is 0 Å². The van der Waals surface area contributed by atoms with Crippen molar-refractivity contribution in [3.05, 3.63) is 77.6 Å². The second-order valence-corrected chi connectivity index (χ2v) is 8.26. The van der Waals surface area contributed by atoms with Gasteiger partial charge in [-0.1, -0.05) is 48.1 Å². The molecule has 1 aliphatic heterocycles. The van der Waals surface area contributed by atoms with Crippen molar-refractivity contribution in [2.45, 2.75) is 26.2 Å². The van der Waals surface area contributed by atoms with Crippen LogP contribution >= 0.6 is 0 Å². The second-order valence-electron chi connectivity index (χ2n) is 8.26. The largest absolute Gasteiger partial charge is 0.379 e. The van der Waals surface area contributed by atoms with Gasteiger partial charge < -0.3 is 9.14 Å². The van der Waals surface area contributed by atoms with E-state index in [2.05, 4.69) is 77.0 Å². The first kappa shape index (κ1) is 19.3. The molecule has 0 bridgehead atoms. The molecule has 1 aliphatic carbocycles. The number of imidazole rings is 1.